The van der Waals surface area contributed by atoms with E-state index < -0.39 is 10.0 Å². The average molecular weight is 773 g/mol. The number of aromatic nitrogens is 4. The van der Waals surface area contributed by atoms with Crippen LogP contribution in [0.25, 0.3) is 27.3 Å². The van der Waals surface area contributed by atoms with Gasteiger partial charge in [-0.15, -0.1) is 10.2 Å². The molecule has 3 heterocycles. The molecule has 4 aromatic carbocycles. The van der Waals surface area contributed by atoms with Crippen molar-refractivity contribution in [1.29, 1.82) is 0 Å². The van der Waals surface area contributed by atoms with Crippen molar-refractivity contribution in [1.82, 2.24) is 24.1 Å². The zero-order chi connectivity index (χ0) is 36.2. The molecule has 1 aliphatic rings. The van der Waals surface area contributed by atoms with Gasteiger partial charge in [0, 0.05) is 18.7 Å². The first-order chi connectivity index (χ1) is 25.2. The highest BCUT2D eigenvalue weighted by Crippen LogP contribution is 2.35. The lowest BCUT2D eigenvalue weighted by molar-refractivity contribution is -0.116. The predicted molar refractivity (Wildman–Crippen MR) is 208 cm³/mol. The third kappa shape index (κ3) is 7.66. The zero-order valence-electron chi connectivity index (χ0n) is 28.7. The fraction of sp³-hybridized carbons (Fsp3) is 0.263. The van der Waals surface area contributed by atoms with E-state index in [1.807, 2.05) is 54.6 Å². The fourth-order valence-electron chi connectivity index (χ4n) is 5.95. The van der Waals surface area contributed by atoms with Crippen molar-refractivity contribution in [2.45, 2.75) is 42.8 Å². The molecule has 0 aliphatic carbocycles. The molecule has 0 radical (unpaired) electrons. The van der Waals surface area contributed by atoms with E-state index in [0.29, 0.717) is 58.1 Å². The number of amides is 1. The number of thioether (sulfide) groups is 1. The van der Waals surface area contributed by atoms with E-state index in [4.69, 9.17) is 21.3 Å². The molecule has 0 saturated carbocycles. The maximum Gasteiger partial charge on any atom is 0.243 e. The van der Waals surface area contributed by atoms with Gasteiger partial charge in [0.2, 0.25) is 15.9 Å². The van der Waals surface area contributed by atoms with Gasteiger partial charge in [-0.1, -0.05) is 109 Å². The Bertz CT molecular complexity index is 2310. The van der Waals surface area contributed by atoms with E-state index in [9.17, 15) is 13.2 Å². The normalized spacial score (nSPS) is 14.4. The van der Waals surface area contributed by atoms with Gasteiger partial charge in [0.15, 0.2) is 16.1 Å². The van der Waals surface area contributed by atoms with Crippen LogP contribution in [0.5, 0.6) is 0 Å². The lowest BCUT2D eigenvalue weighted by atomic mass is 9.99. The first-order valence-corrected chi connectivity index (χ1v) is 20.6. The second-order valence-corrected chi connectivity index (χ2v) is 16.7. The van der Waals surface area contributed by atoms with Gasteiger partial charge >= 0.3 is 0 Å². The van der Waals surface area contributed by atoms with E-state index in [2.05, 4.69) is 36.2 Å². The Balaban J connectivity index is 1.22. The number of nitrogens with zero attached hydrogens (tertiary/aromatic N) is 6. The summed E-state index contributed by atoms with van der Waals surface area (Å²) in [5, 5.41) is 10.5. The minimum atomic E-state index is -3.76. The SMILES string of the molecule is CCC(C)c1ccc2nc(N(Cc3ccccc3)C(=O)CSc3nnc(-c4cccc(S(=O)(=O)N5CCOCC5)c4)n3-c3ccccc3Cl)sc2c1. The second-order valence-electron chi connectivity index (χ2n) is 12.4. The van der Waals surface area contributed by atoms with E-state index in [1.165, 1.54) is 33.0 Å². The highest BCUT2D eigenvalue weighted by atomic mass is 35.5. The predicted octanol–water partition coefficient (Wildman–Crippen LogP) is 8.06. The van der Waals surface area contributed by atoms with Crippen LogP contribution >= 0.6 is 34.7 Å². The van der Waals surface area contributed by atoms with Crippen LogP contribution < -0.4 is 4.90 Å². The van der Waals surface area contributed by atoms with Crippen LogP contribution in [0, 0.1) is 0 Å². The zero-order valence-corrected chi connectivity index (χ0v) is 31.9. The number of ether oxygens (including phenoxy) is 1. The molecule has 52 heavy (non-hydrogen) atoms. The molecule has 268 valence electrons. The summed E-state index contributed by atoms with van der Waals surface area (Å²) in [5.74, 6) is 0.704. The number of carbonyl (C=O) groups is 1. The Morgan fingerprint density at radius 1 is 0.981 bits per heavy atom. The number of para-hydroxylation sites is 1. The molecule has 1 atom stereocenters. The monoisotopic (exact) mass is 772 g/mol. The molecule has 0 bridgehead atoms. The summed E-state index contributed by atoms with van der Waals surface area (Å²) >= 11 is 9.47. The van der Waals surface area contributed by atoms with Crippen molar-refractivity contribution in [3.05, 3.63) is 113 Å². The van der Waals surface area contributed by atoms with Crippen molar-refractivity contribution in [2.24, 2.45) is 0 Å². The van der Waals surface area contributed by atoms with Gasteiger partial charge in [-0.05, 0) is 59.9 Å². The minimum absolute atomic E-state index is 0.0366. The highest BCUT2D eigenvalue weighted by molar-refractivity contribution is 7.99. The summed E-state index contributed by atoms with van der Waals surface area (Å²) in [6.45, 7) is 6.01. The van der Waals surface area contributed by atoms with E-state index >= 15 is 0 Å². The largest absolute Gasteiger partial charge is 0.379 e. The quantitative estimate of drug-likeness (QED) is 0.115. The van der Waals surface area contributed by atoms with Crippen LogP contribution in [0.2, 0.25) is 5.02 Å². The van der Waals surface area contributed by atoms with Crippen LogP contribution in [-0.4, -0.2) is 70.4 Å². The standard InChI is InChI=1S/C38H37ClN6O4S3/c1-3-26(2)28-16-17-32-34(23-28)51-37(40-32)44(24-27-10-5-4-6-11-27)35(46)25-50-38-42-41-36(45(38)33-15-8-7-14-31(33)39)29-12-9-13-30(22-29)52(47,48)43-18-20-49-21-19-43/h4-17,22-23,26H,3,18-21,24-25H2,1-2H3. The molecule has 0 N–H and O–H groups in total. The third-order valence-electron chi connectivity index (χ3n) is 9.05. The second kappa shape index (κ2) is 15.9. The molecule has 1 fully saturated rings. The molecule has 10 nitrogen and oxygen atoms in total. The molecule has 7 rings (SSSR count). The van der Waals surface area contributed by atoms with Gasteiger partial charge in [0.1, 0.15) is 0 Å². The Hall–Kier alpha value is -4.11. The van der Waals surface area contributed by atoms with Crippen molar-refractivity contribution in [3.63, 3.8) is 0 Å². The Morgan fingerprint density at radius 3 is 2.52 bits per heavy atom. The number of benzene rings is 4. The number of fused-ring (bicyclic) bond motifs is 1. The average Bonchev–Trinajstić information content (AvgIpc) is 3.81. The highest BCUT2D eigenvalue weighted by Gasteiger charge is 2.28. The number of sulfonamides is 1. The number of hydrogen-bond donors (Lipinski definition) is 0. The van der Waals surface area contributed by atoms with Gasteiger partial charge < -0.3 is 4.74 Å². The summed E-state index contributed by atoms with van der Waals surface area (Å²) in [6, 6.07) is 30.1. The maximum absolute atomic E-state index is 14.2. The first kappa shape index (κ1) is 36.3. The molecule has 1 aliphatic heterocycles. The number of hydrogen-bond acceptors (Lipinski definition) is 9. The summed E-state index contributed by atoms with van der Waals surface area (Å²) < 4.78 is 36.7. The van der Waals surface area contributed by atoms with Crippen LogP contribution in [0.4, 0.5) is 5.13 Å². The van der Waals surface area contributed by atoms with Gasteiger partial charge in [0.25, 0.3) is 0 Å². The van der Waals surface area contributed by atoms with Crippen molar-refractivity contribution in [3.8, 4) is 17.1 Å². The van der Waals surface area contributed by atoms with E-state index in [-0.39, 0.29) is 29.6 Å². The molecular weight excluding hydrogens is 736 g/mol. The van der Waals surface area contributed by atoms with Crippen LogP contribution in [0.15, 0.2) is 107 Å². The number of rotatable bonds is 12. The molecule has 14 heteroatoms. The van der Waals surface area contributed by atoms with Crippen LogP contribution in [0.3, 0.4) is 0 Å². The fourth-order valence-corrected chi connectivity index (χ4v) is 9.48. The van der Waals surface area contributed by atoms with Crippen molar-refractivity contribution in [2.75, 3.05) is 37.0 Å². The number of morpholine rings is 1. The molecular formula is C38H37ClN6O4S3. The Kier molecular flexibility index (Phi) is 11.1. The Morgan fingerprint density at radius 2 is 1.75 bits per heavy atom. The van der Waals surface area contributed by atoms with Crippen LogP contribution in [-0.2, 0) is 26.1 Å². The first-order valence-electron chi connectivity index (χ1n) is 17.0. The van der Waals surface area contributed by atoms with Gasteiger partial charge in [-0.2, -0.15) is 4.31 Å². The van der Waals surface area contributed by atoms with Gasteiger partial charge in [0.05, 0.1) is 51.3 Å². The number of halogens is 1. The lowest BCUT2D eigenvalue weighted by Crippen LogP contribution is -2.40. The minimum Gasteiger partial charge on any atom is -0.379 e. The molecule has 1 saturated heterocycles. The lowest BCUT2D eigenvalue weighted by Gasteiger charge is -2.26. The number of thiazole rings is 1. The van der Waals surface area contributed by atoms with Crippen LogP contribution in [0.1, 0.15) is 37.3 Å². The third-order valence-corrected chi connectivity index (χ3v) is 13.2. The molecule has 1 unspecified atom stereocenters. The maximum atomic E-state index is 14.2. The van der Waals surface area contributed by atoms with Gasteiger partial charge in [-0.3, -0.25) is 14.3 Å². The Labute approximate surface area is 316 Å². The van der Waals surface area contributed by atoms with E-state index in [0.717, 1.165) is 22.2 Å². The topological polar surface area (TPSA) is 111 Å². The molecule has 6 aromatic rings. The summed E-state index contributed by atoms with van der Waals surface area (Å²) in [6.07, 6.45) is 1.03. The molecule has 0 spiro atoms. The molecule has 1 amide bonds. The smallest absolute Gasteiger partial charge is 0.243 e. The summed E-state index contributed by atoms with van der Waals surface area (Å²) in [4.78, 5) is 21.0. The number of anilines is 1. The number of carbonyl (C=O) groups excluding carboxylic acids is 1. The van der Waals surface area contributed by atoms with E-state index in [1.54, 1.807) is 39.8 Å². The van der Waals surface area contributed by atoms with Crippen molar-refractivity contribution < 1.29 is 17.9 Å². The molecule has 2 aromatic heterocycles. The summed E-state index contributed by atoms with van der Waals surface area (Å²) in [5.41, 5.74) is 4.22. The summed E-state index contributed by atoms with van der Waals surface area (Å²) in [7, 11) is -3.76. The van der Waals surface area contributed by atoms with Gasteiger partial charge in [-0.25, -0.2) is 13.4 Å². The van der Waals surface area contributed by atoms with Crippen molar-refractivity contribution >= 4 is 66.0 Å².